The molecule has 0 aliphatic heterocycles. The van der Waals surface area contributed by atoms with Crippen LogP contribution in [-0.4, -0.2) is 6.21 Å². The van der Waals surface area contributed by atoms with Crippen molar-refractivity contribution in [3.63, 3.8) is 0 Å². The van der Waals surface area contributed by atoms with Gasteiger partial charge in [0.2, 0.25) is 0 Å². The first-order chi connectivity index (χ1) is 9.10. The van der Waals surface area contributed by atoms with E-state index in [1.165, 1.54) is 0 Å². The predicted octanol–water partition coefficient (Wildman–Crippen LogP) is 4.75. The van der Waals surface area contributed by atoms with Gasteiger partial charge in [0.1, 0.15) is 11.5 Å². The number of hydrogen-bond acceptors (Lipinski definition) is 3. The van der Waals surface area contributed by atoms with Crippen molar-refractivity contribution < 1.29 is 4.74 Å². The Morgan fingerprint density at radius 2 is 2.00 bits per heavy atom. The average molecular weight is 275 g/mol. The first-order valence-corrected chi connectivity index (χ1v) is 6.30. The molecule has 0 amide bonds. The SMILES string of the molecule is CC=Nc1cc(Oc2ccc(N)cc2Cl)ccc1C. The number of halogens is 1. The van der Waals surface area contributed by atoms with Gasteiger partial charge in [-0.2, -0.15) is 0 Å². The topological polar surface area (TPSA) is 47.6 Å². The minimum atomic E-state index is 0.487. The van der Waals surface area contributed by atoms with Crippen LogP contribution >= 0.6 is 11.6 Å². The summed E-state index contributed by atoms with van der Waals surface area (Å²) in [5.41, 5.74) is 8.23. The van der Waals surface area contributed by atoms with Gasteiger partial charge in [-0.25, -0.2) is 0 Å². The van der Waals surface area contributed by atoms with E-state index in [1.54, 1.807) is 24.4 Å². The van der Waals surface area contributed by atoms with Crippen molar-refractivity contribution in [3.8, 4) is 11.5 Å². The van der Waals surface area contributed by atoms with Crippen LogP contribution in [0.4, 0.5) is 11.4 Å². The van der Waals surface area contributed by atoms with Crippen LogP contribution in [0.2, 0.25) is 5.02 Å². The van der Waals surface area contributed by atoms with Crippen LogP contribution in [0.15, 0.2) is 41.4 Å². The molecule has 19 heavy (non-hydrogen) atoms. The quantitative estimate of drug-likeness (QED) is 0.649. The summed E-state index contributed by atoms with van der Waals surface area (Å²) >= 11 is 6.08. The minimum Gasteiger partial charge on any atom is -0.456 e. The van der Waals surface area contributed by atoms with E-state index in [4.69, 9.17) is 22.1 Å². The van der Waals surface area contributed by atoms with E-state index in [0.717, 1.165) is 11.3 Å². The smallest absolute Gasteiger partial charge is 0.146 e. The van der Waals surface area contributed by atoms with Crippen LogP contribution in [0.1, 0.15) is 12.5 Å². The molecule has 98 valence electrons. The molecule has 0 aromatic heterocycles. The van der Waals surface area contributed by atoms with Crippen LogP contribution in [0.3, 0.4) is 0 Å². The van der Waals surface area contributed by atoms with E-state index >= 15 is 0 Å². The molecule has 0 fully saturated rings. The second kappa shape index (κ2) is 5.76. The minimum absolute atomic E-state index is 0.487. The zero-order valence-electron chi connectivity index (χ0n) is 10.9. The fourth-order valence-electron chi connectivity index (χ4n) is 1.66. The maximum atomic E-state index is 6.08. The molecule has 0 unspecified atom stereocenters. The monoisotopic (exact) mass is 274 g/mol. The highest BCUT2D eigenvalue weighted by Crippen LogP contribution is 2.33. The molecule has 0 bridgehead atoms. The number of benzene rings is 2. The lowest BCUT2D eigenvalue weighted by Crippen LogP contribution is -1.89. The fourth-order valence-corrected chi connectivity index (χ4v) is 1.89. The van der Waals surface area contributed by atoms with Gasteiger partial charge in [-0.15, -0.1) is 0 Å². The summed E-state index contributed by atoms with van der Waals surface area (Å²) in [4.78, 5) is 4.29. The molecule has 0 atom stereocenters. The summed E-state index contributed by atoms with van der Waals surface area (Å²) in [6.07, 6.45) is 1.75. The largest absolute Gasteiger partial charge is 0.456 e. The summed E-state index contributed by atoms with van der Waals surface area (Å²) < 4.78 is 5.74. The summed E-state index contributed by atoms with van der Waals surface area (Å²) in [6, 6.07) is 10.9. The van der Waals surface area contributed by atoms with E-state index in [-0.39, 0.29) is 0 Å². The Morgan fingerprint density at radius 3 is 2.68 bits per heavy atom. The summed E-state index contributed by atoms with van der Waals surface area (Å²) in [6.45, 7) is 3.88. The average Bonchev–Trinajstić information content (AvgIpc) is 2.37. The summed E-state index contributed by atoms with van der Waals surface area (Å²) in [7, 11) is 0. The van der Waals surface area contributed by atoms with Gasteiger partial charge in [0.15, 0.2) is 0 Å². The summed E-state index contributed by atoms with van der Waals surface area (Å²) in [5, 5.41) is 0.487. The highest BCUT2D eigenvalue weighted by molar-refractivity contribution is 6.32. The number of nitrogens with zero attached hydrogens (tertiary/aromatic N) is 1. The third kappa shape index (κ3) is 3.26. The lowest BCUT2D eigenvalue weighted by molar-refractivity contribution is 0.483. The number of ether oxygens (including phenoxy) is 1. The van der Waals surface area contributed by atoms with E-state index < -0.39 is 0 Å². The third-order valence-electron chi connectivity index (χ3n) is 2.63. The molecule has 0 saturated heterocycles. The second-order valence-electron chi connectivity index (χ2n) is 4.13. The van der Waals surface area contributed by atoms with Crippen molar-refractivity contribution in [1.29, 1.82) is 0 Å². The number of anilines is 1. The molecule has 0 spiro atoms. The highest BCUT2D eigenvalue weighted by Gasteiger charge is 2.05. The van der Waals surface area contributed by atoms with Crippen molar-refractivity contribution in [3.05, 3.63) is 47.0 Å². The number of hydrogen-bond donors (Lipinski definition) is 1. The van der Waals surface area contributed by atoms with Gasteiger partial charge in [0.05, 0.1) is 10.7 Å². The molecular weight excluding hydrogens is 260 g/mol. The van der Waals surface area contributed by atoms with Crippen molar-refractivity contribution >= 4 is 29.2 Å². The maximum absolute atomic E-state index is 6.08. The Morgan fingerprint density at radius 1 is 1.21 bits per heavy atom. The first-order valence-electron chi connectivity index (χ1n) is 5.92. The molecule has 0 heterocycles. The molecule has 2 aromatic rings. The van der Waals surface area contributed by atoms with Crippen LogP contribution in [0.5, 0.6) is 11.5 Å². The zero-order chi connectivity index (χ0) is 13.8. The standard InChI is InChI=1S/C15H15ClN2O/c1-3-18-14-9-12(6-4-10(14)2)19-15-7-5-11(17)8-13(15)16/h3-9H,17H2,1-2H3. The van der Waals surface area contributed by atoms with Gasteiger partial charge in [-0.05, 0) is 43.7 Å². The van der Waals surface area contributed by atoms with E-state index in [2.05, 4.69) is 4.99 Å². The Labute approximate surface area is 117 Å². The predicted molar refractivity (Wildman–Crippen MR) is 80.9 cm³/mol. The van der Waals surface area contributed by atoms with Gasteiger partial charge >= 0.3 is 0 Å². The van der Waals surface area contributed by atoms with Crippen LogP contribution in [0.25, 0.3) is 0 Å². The molecule has 4 heteroatoms. The molecule has 2 N–H and O–H groups in total. The van der Waals surface area contributed by atoms with Crippen LogP contribution in [-0.2, 0) is 0 Å². The zero-order valence-corrected chi connectivity index (χ0v) is 11.6. The Kier molecular flexibility index (Phi) is 4.07. The number of nitrogens with two attached hydrogens (primary N) is 1. The van der Waals surface area contributed by atoms with Crippen LogP contribution < -0.4 is 10.5 Å². The van der Waals surface area contributed by atoms with Gasteiger partial charge in [-0.3, -0.25) is 4.99 Å². The molecule has 2 aromatic carbocycles. The number of nitrogen functional groups attached to an aromatic ring is 1. The van der Waals surface area contributed by atoms with Crippen molar-refractivity contribution in [2.45, 2.75) is 13.8 Å². The Balaban J connectivity index is 2.30. The molecule has 0 radical (unpaired) electrons. The lowest BCUT2D eigenvalue weighted by atomic mass is 10.2. The van der Waals surface area contributed by atoms with Crippen molar-refractivity contribution in [2.24, 2.45) is 4.99 Å². The second-order valence-corrected chi connectivity index (χ2v) is 4.53. The molecule has 0 aliphatic rings. The van der Waals surface area contributed by atoms with Gasteiger partial charge < -0.3 is 10.5 Å². The van der Waals surface area contributed by atoms with E-state index in [1.807, 2.05) is 32.0 Å². The highest BCUT2D eigenvalue weighted by atomic mass is 35.5. The van der Waals surface area contributed by atoms with E-state index in [9.17, 15) is 0 Å². The fraction of sp³-hybridized carbons (Fsp3) is 0.133. The lowest BCUT2D eigenvalue weighted by Gasteiger charge is -2.09. The van der Waals surface area contributed by atoms with Crippen LogP contribution in [0, 0.1) is 6.92 Å². The Hall–Kier alpha value is -2.00. The first kappa shape index (κ1) is 13.4. The number of aliphatic imine (C=N–C) groups is 1. The number of rotatable bonds is 3. The summed E-state index contributed by atoms with van der Waals surface area (Å²) in [5.74, 6) is 1.27. The molecule has 2 rings (SSSR count). The van der Waals surface area contributed by atoms with E-state index in [0.29, 0.717) is 22.2 Å². The number of aryl methyl sites for hydroxylation is 1. The maximum Gasteiger partial charge on any atom is 0.146 e. The molecule has 0 aliphatic carbocycles. The molecule has 3 nitrogen and oxygen atoms in total. The normalized spacial score (nSPS) is 10.9. The Bertz CT molecular complexity index is 624. The molecular formula is C15H15ClN2O. The molecule has 0 saturated carbocycles. The van der Waals surface area contributed by atoms with Crippen molar-refractivity contribution in [1.82, 2.24) is 0 Å². The third-order valence-corrected chi connectivity index (χ3v) is 2.93. The van der Waals surface area contributed by atoms with Gasteiger partial charge in [0, 0.05) is 18.0 Å². The van der Waals surface area contributed by atoms with Gasteiger partial charge in [0.25, 0.3) is 0 Å². The van der Waals surface area contributed by atoms with Gasteiger partial charge in [-0.1, -0.05) is 17.7 Å². The van der Waals surface area contributed by atoms with Crippen molar-refractivity contribution in [2.75, 3.05) is 5.73 Å².